The first-order valence-electron chi connectivity index (χ1n) is 7.49. The third kappa shape index (κ3) is 4.89. The Morgan fingerprint density at radius 3 is 2.12 bits per heavy atom. The van der Waals surface area contributed by atoms with Crippen molar-refractivity contribution in [1.29, 1.82) is 0 Å². The van der Waals surface area contributed by atoms with Crippen LogP contribution in [0, 0.1) is 13.8 Å². The average molecular weight is 372 g/mol. The second-order valence-electron chi connectivity index (χ2n) is 5.70. The van der Waals surface area contributed by atoms with Crippen LogP contribution in [0.5, 0.6) is 5.75 Å². The molecule has 0 aromatic heterocycles. The van der Waals surface area contributed by atoms with E-state index in [0.29, 0.717) is 10.8 Å². The summed E-state index contributed by atoms with van der Waals surface area (Å²) in [6, 6.07) is 7.66. The molecule has 7 heteroatoms. The highest BCUT2D eigenvalue weighted by molar-refractivity contribution is 6.32. The normalized spacial score (nSPS) is 12.6. The number of rotatable bonds is 4. The van der Waals surface area contributed by atoms with Crippen LogP contribution in [0.15, 0.2) is 36.4 Å². The van der Waals surface area contributed by atoms with Crippen molar-refractivity contribution in [1.82, 2.24) is 0 Å². The maximum atomic E-state index is 12.5. The lowest BCUT2D eigenvalue weighted by Gasteiger charge is -2.16. The SMILES string of the molecule is Cc1cc(O[C@@H](C)C(=O)Nc2ccc(C(F)(F)F)cc2)cc(C)c1Cl. The molecule has 1 N–H and O–H groups in total. The van der Waals surface area contributed by atoms with Crippen LogP contribution in [-0.2, 0) is 11.0 Å². The second kappa shape index (κ2) is 7.35. The molecule has 0 aliphatic carbocycles. The van der Waals surface area contributed by atoms with E-state index >= 15 is 0 Å². The van der Waals surface area contributed by atoms with E-state index in [0.717, 1.165) is 23.3 Å². The minimum Gasteiger partial charge on any atom is -0.481 e. The molecular formula is C18H17ClF3NO2. The van der Waals surface area contributed by atoms with Crippen LogP contribution < -0.4 is 10.1 Å². The highest BCUT2D eigenvalue weighted by atomic mass is 35.5. The number of nitrogens with one attached hydrogen (secondary N) is 1. The predicted octanol–water partition coefficient (Wildman–Crippen LogP) is 5.38. The molecule has 1 amide bonds. The molecular weight excluding hydrogens is 355 g/mol. The summed E-state index contributed by atoms with van der Waals surface area (Å²) in [7, 11) is 0. The minimum atomic E-state index is -4.41. The van der Waals surface area contributed by atoms with Crippen LogP contribution in [0.3, 0.4) is 0 Å². The van der Waals surface area contributed by atoms with Crippen molar-refractivity contribution in [3.8, 4) is 5.75 Å². The highest BCUT2D eigenvalue weighted by Gasteiger charge is 2.30. The third-order valence-corrected chi connectivity index (χ3v) is 4.17. The molecule has 0 heterocycles. The average Bonchev–Trinajstić information content (AvgIpc) is 2.52. The molecule has 2 aromatic carbocycles. The number of ether oxygens (including phenoxy) is 1. The van der Waals surface area contributed by atoms with Gasteiger partial charge in [0.2, 0.25) is 0 Å². The first-order chi connectivity index (χ1) is 11.6. The van der Waals surface area contributed by atoms with Gasteiger partial charge in [-0.25, -0.2) is 0 Å². The largest absolute Gasteiger partial charge is 0.481 e. The smallest absolute Gasteiger partial charge is 0.416 e. The van der Waals surface area contributed by atoms with Crippen molar-refractivity contribution < 1.29 is 22.7 Å². The first-order valence-corrected chi connectivity index (χ1v) is 7.87. The Labute approximate surface area is 148 Å². The van der Waals surface area contributed by atoms with Crippen molar-refractivity contribution in [3.63, 3.8) is 0 Å². The number of amides is 1. The van der Waals surface area contributed by atoms with Crippen molar-refractivity contribution >= 4 is 23.2 Å². The molecule has 0 fully saturated rings. The van der Waals surface area contributed by atoms with Gasteiger partial charge in [0, 0.05) is 10.7 Å². The molecule has 25 heavy (non-hydrogen) atoms. The standard InChI is InChI=1S/C18H17ClF3NO2/c1-10-8-15(9-11(2)16(10)19)25-12(3)17(24)23-14-6-4-13(5-7-14)18(20,21)22/h4-9,12H,1-3H3,(H,23,24)/t12-/m0/s1. The van der Waals surface area contributed by atoms with Gasteiger partial charge in [0.1, 0.15) is 5.75 Å². The number of aryl methyl sites for hydroxylation is 2. The summed E-state index contributed by atoms with van der Waals surface area (Å²) in [5, 5.41) is 3.16. The van der Waals surface area contributed by atoms with Crippen molar-refractivity contribution in [2.75, 3.05) is 5.32 Å². The lowest BCUT2D eigenvalue weighted by molar-refractivity contribution is -0.137. The summed E-state index contributed by atoms with van der Waals surface area (Å²) < 4.78 is 43.2. The zero-order valence-electron chi connectivity index (χ0n) is 13.9. The maximum Gasteiger partial charge on any atom is 0.416 e. The molecule has 0 saturated heterocycles. The number of anilines is 1. The minimum absolute atomic E-state index is 0.261. The lowest BCUT2D eigenvalue weighted by Crippen LogP contribution is -2.30. The summed E-state index contributed by atoms with van der Waals surface area (Å²) in [6.07, 6.45) is -5.24. The number of alkyl halides is 3. The Bertz CT molecular complexity index is 750. The van der Waals surface area contributed by atoms with Crippen molar-refractivity contribution in [3.05, 3.63) is 58.1 Å². The van der Waals surface area contributed by atoms with E-state index in [1.54, 1.807) is 19.1 Å². The monoisotopic (exact) mass is 371 g/mol. The predicted molar refractivity (Wildman–Crippen MR) is 91.1 cm³/mol. The lowest BCUT2D eigenvalue weighted by atomic mass is 10.1. The summed E-state index contributed by atoms with van der Waals surface area (Å²) >= 11 is 6.09. The zero-order chi connectivity index (χ0) is 18.8. The molecule has 0 spiro atoms. The third-order valence-electron chi connectivity index (χ3n) is 3.57. The number of carbonyl (C=O) groups excluding carboxylic acids is 1. The van der Waals surface area contributed by atoms with Gasteiger partial charge in [0.15, 0.2) is 6.10 Å². The fourth-order valence-electron chi connectivity index (χ4n) is 2.22. The number of hydrogen-bond acceptors (Lipinski definition) is 2. The van der Waals surface area contributed by atoms with Crippen LogP contribution in [-0.4, -0.2) is 12.0 Å². The van der Waals surface area contributed by atoms with E-state index in [9.17, 15) is 18.0 Å². The van der Waals surface area contributed by atoms with Gasteiger partial charge in [-0.15, -0.1) is 0 Å². The highest BCUT2D eigenvalue weighted by Crippen LogP contribution is 2.30. The Morgan fingerprint density at radius 1 is 1.12 bits per heavy atom. The Hall–Kier alpha value is -2.21. The molecule has 2 rings (SSSR count). The molecule has 0 bridgehead atoms. The van der Waals surface area contributed by atoms with Gasteiger partial charge in [-0.05, 0) is 68.3 Å². The molecule has 0 aliphatic heterocycles. The molecule has 1 atom stereocenters. The Kier molecular flexibility index (Phi) is 5.62. The number of halogens is 4. The van der Waals surface area contributed by atoms with E-state index < -0.39 is 23.8 Å². The topological polar surface area (TPSA) is 38.3 Å². The molecule has 2 aromatic rings. The van der Waals surface area contributed by atoms with Gasteiger partial charge in [0.05, 0.1) is 5.56 Å². The zero-order valence-corrected chi connectivity index (χ0v) is 14.6. The summed E-state index contributed by atoms with van der Waals surface area (Å²) in [4.78, 5) is 12.2. The van der Waals surface area contributed by atoms with Crippen LogP contribution in [0.25, 0.3) is 0 Å². The first kappa shape index (κ1) is 19.1. The van der Waals surface area contributed by atoms with Crippen LogP contribution in [0.1, 0.15) is 23.6 Å². The van der Waals surface area contributed by atoms with E-state index in [1.165, 1.54) is 12.1 Å². The van der Waals surface area contributed by atoms with Crippen molar-refractivity contribution in [2.24, 2.45) is 0 Å². The quantitative estimate of drug-likeness (QED) is 0.783. The summed E-state index contributed by atoms with van der Waals surface area (Å²) in [5.41, 5.74) is 1.14. The molecule has 0 saturated carbocycles. The molecule has 3 nitrogen and oxygen atoms in total. The van der Waals surface area contributed by atoms with Gasteiger partial charge in [-0.3, -0.25) is 4.79 Å². The Balaban J connectivity index is 2.03. The van der Waals surface area contributed by atoms with Crippen LogP contribution >= 0.6 is 11.6 Å². The fourth-order valence-corrected chi connectivity index (χ4v) is 2.33. The van der Waals surface area contributed by atoms with Crippen molar-refractivity contribution in [2.45, 2.75) is 33.1 Å². The van der Waals surface area contributed by atoms with Gasteiger partial charge >= 0.3 is 6.18 Å². The molecule has 0 radical (unpaired) electrons. The van der Waals surface area contributed by atoms with Crippen LogP contribution in [0.4, 0.5) is 18.9 Å². The molecule has 0 aliphatic rings. The number of hydrogen-bond donors (Lipinski definition) is 1. The van der Waals surface area contributed by atoms with E-state index in [1.807, 2.05) is 13.8 Å². The Morgan fingerprint density at radius 2 is 1.64 bits per heavy atom. The van der Waals surface area contributed by atoms with Gasteiger partial charge in [0.25, 0.3) is 5.91 Å². The summed E-state index contributed by atoms with van der Waals surface area (Å²) in [5.74, 6) is 0.0273. The van der Waals surface area contributed by atoms with Gasteiger partial charge in [-0.1, -0.05) is 11.6 Å². The fraction of sp³-hybridized carbons (Fsp3) is 0.278. The molecule has 134 valence electrons. The van der Waals surface area contributed by atoms with E-state index in [-0.39, 0.29) is 5.69 Å². The van der Waals surface area contributed by atoms with E-state index in [2.05, 4.69) is 5.32 Å². The summed E-state index contributed by atoms with van der Waals surface area (Å²) in [6.45, 7) is 5.21. The van der Waals surface area contributed by atoms with Crippen LogP contribution in [0.2, 0.25) is 5.02 Å². The number of benzene rings is 2. The van der Waals surface area contributed by atoms with Gasteiger partial charge in [-0.2, -0.15) is 13.2 Å². The maximum absolute atomic E-state index is 12.5. The van der Waals surface area contributed by atoms with Gasteiger partial charge < -0.3 is 10.1 Å². The number of carbonyl (C=O) groups is 1. The molecule has 0 unspecified atom stereocenters. The van der Waals surface area contributed by atoms with E-state index in [4.69, 9.17) is 16.3 Å². The second-order valence-corrected chi connectivity index (χ2v) is 6.07.